The van der Waals surface area contributed by atoms with Gasteiger partial charge in [-0.05, 0) is 31.6 Å². The zero-order valence-electron chi connectivity index (χ0n) is 13.6. The van der Waals surface area contributed by atoms with Crippen molar-refractivity contribution < 1.29 is 0 Å². The average molecular weight is 264 g/mol. The van der Waals surface area contributed by atoms with E-state index in [-0.39, 0.29) is 0 Å². The fraction of sp³-hybridized carbons (Fsp3) is 1.00. The van der Waals surface area contributed by atoms with Crippen molar-refractivity contribution in [2.45, 2.75) is 85.9 Å². The molecule has 1 saturated heterocycles. The van der Waals surface area contributed by atoms with Gasteiger partial charge in [0.05, 0.1) is 0 Å². The van der Waals surface area contributed by atoms with Gasteiger partial charge in [0.1, 0.15) is 0 Å². The van der Waals surface area contributed by atoms with Gasteiger partial charge in [-0.1, -0.05) is 55.4 Å². The van der Waals surface area contributed by atoms with Gasteiger partial charge in [0.15, 0.2) is 0 Å². The van der Waals surface area contributed by atoms with Crippen molar-refractivity contribution in [2.24, 2.45) is 0 Å². The van der Waals surface area contributed by atoms with Crippen LogP contribution in [0, 0.1) is 0 Å². The molecule has 0 aromatic heterocycles. The summed E-state index contributed by atoms with van der Waals surface area (Å²) in [7, 11) is 0. The molecule has 1 nitrogen and oxygen atoms in total. The third kappa shape index (κ3) is 26.1. The van der Waals surface area contributed by atoms with E-state index in [1.807, 2.05) is 27.7 Å². The molecule has 1 heterocycles. The minimum atomic E-state index is 0.653. The zero-order valence-corrected chi connectivity index (χ0v) is 14.4. The first-order valence-electron chi connectivity index (χ1n) is 7.51. The first-order valence-corrected chi connectivity index (χ1v) is 8.56. The molecule has 0 spiro atoms. The molecule has 1 N–H and O–H groups in total. The Labute approximate surface area is 116 Å². The quantitative estimate of drug-likeness (QED) is 0.737. The van der Waals surface area contributed by atoms with Crippen LogP contribution in [0.25, 0.3) is 0 Å². The predicted molar refractivity (Wildman–Crippen MR) is 87.3 cm³/mol. The van der Waals surface area contributed by atoms with Gasteiger partial charge >= 0.3 is 0 Å². The number of rotatable bonds is 3. The number of hydrogen-bond acceptors (Lipinski definition) is 2. The molecule has 1 unspecified atom stereocenters. The Morgan fingerprint density at radius 2 is 1.71 bits per heavy atom. The maximum Gasteiger partial charge on any atom is 0.00190 e. The number of nitrogens with one attached hydrogen (secondary N) is 1. The predicted octanol–water partition coefficient (Wildman–Crippen LogP) is 5.35. The molecule has 108 valence electrons. The smallest absolute Gasteiger partial charge is 0.00190 e. The van der Waals surface area contributed by atoms with Gasteiger partial charge in [0.2, 0.25) is 0 Å². The van der Waals surface area contributed by atoms with Gasteiger partial charge < -0.3 is 5.32 Å². The standard InChI is InChI=1S/C6H15N.C5H10S.2C2H6/c1-4-5-7-6(2)3;1-5-3-2-4-6-5;2*1-2/h6-7H,4-5H2,1-3H3;5H,2-4H2,1H3;2*1-2H3. The highest BCUT2D eigenvalue weighted by atomic mass is 32.2. The Morgan fingerprint density at radius 1 is 1.18 bits per heavy atom. The van der Waals surface area contributed by atoms with Gasteiger partial charge in [0.25, 0.3) is 0 Å². The van der Waals surface area contributed by atoms with E-state index in [1.54, 1.807) is 0 Å². The highest BCUT2D eigenvalue weighted by molar-refractivity contribution is 8.00. The van der Waals surface area contributed by atoms with E-state index in [9.17, 15) is 0 Å². The summed E-state index contributed by atoms with van der Waals surface area (Å²) in [5, 5.41) is 4.26. The van der Waals surface area contributed by atoms with Crippen molar-refractivity contribution in [1.29, 1.82) is 0 Å². The van der Waals surface area contributed by atoms with Crippen LogP contribution >= 0.6 is 11.8 Å². The second-order valence-electron chi connectivity index (χ2n) is 3.93. The molecule has 0 saturated carbocycles. The summed E-state index contributed by atoms with van der Waals surface area (Å²) in [6, 6.07) is 0.653. The third-order valence-corrected chi connectivity index (χ3v) is 3.29. The first-order chi connectivity index (χ1) is 8.16. The van der Waals surface area contributed by atoms with Crippen molar-refractivity contribution >= 4 is 11.8 Å². The summed E-state index contributed by atoms with van der Waals surface area (Å²) in [6.45, 7) is 18.0. The molecule has 1 atom stereocenters. The summed E-state index contributed by atoms with van der Waals surface area (Å²) >= 11 is 2.10. The molecule has 2 heteroatoms. The Kier molecular flexibility index (Phi) is 28.5. The second-order valence-corrected chi connectivity index (χ2v) is 5.48. The minimum Gasteiger partial charge on any atom is -0.315 e. The molecule has 1 fully saturated rings. The first kappa shape index (κ1) is 22.5. The molecular weight excluding hydrogens is 226 g/mol. The van der Waals surface area contributed by atoms with E-state index in [4.69, 9.17) is 0 Å². The molecule has 1 aliphatic rings. The lowest BCUT2D eigenvalue weighted by Crippen LogP contribution is -2.22. The van der Waals surface area contributed by atoms with Crippen LogP contribution in [0.2, 0.25) is 0 Å². The van der Waals surface area contributed by atoms with Crippen LogP contribution in [0.3, 0.4) is 0 Å². The van der Waals surface area contributed by atoms with E-state index in [0.29, 0.717) is 6.04 Å². The molecular formula is C15H37NS. The highest BCUT2D eigenvalue weighted by Gasteiger charge is 2.07. The number of thioether (sulfide) groups is 1. The van der Waals surface area contributed by atoms with Crippen molar-refractivity contribution in [3.63, 3.8) is 0 Å². The van der Waals surface area contributed by atoms with E-state index in [1.165, 1.54) is 25.0 Å². The summed E-state index contributed by atoms with van der Waals surface area (Å²) in [6.07, 6.45) is 4.13. The van der Waals surface area contributed by atoms with Crippen LogP contribution in [0.1, 0.15) is 74.7 Å². The Morgan fingerprint density at radius 3 is 1.82 bits per heavy atom. The largest absolute Gasteiger partial charge is 0.315 e. The molecule has 0 aromatic rings. The molecule has 0 aromatic carbocycles. The molecule has 0 bridgehead atoms. The Bertz CT molecular complexity index is 99.1. The summed E-state index contributed by atoms with van der Waals surface area (Å²) in [5.41, 5.74) is 0. The minimum absolute atomic E-state index is 0.653. The van der Waals surface area contributed by atoms with Gasteiger partial charge in [-0.25, -0.2) is 0 Å². The molecule has 17 heavy (non-hydrogen) atoms. The lowest BCUT2D eigenvalue weighted by Gasteiger charge is -2.03. The van der Waals surface area contributed by atoms with E-state index < -0.39 is 0 Å². The molecule has 0 radical (unpaired) electrons. The van der Waals surface area contributed by atoms with E-state index >= 15 is 0 Å². The molecule has 1 rings (SSSR count). The van der Waals surface area contributed by atoms with Crippen molar-refractivity contribution in [2.75, 3.05) is 12.3 Å². The van der Waals surface area contributed by atoms with Crippen molar-refractivity contribution in [3.05, 3.63) is 0 Å². The zero-order chi connectivity index (χ0) is 14.1. The second kappa shape index (κ2) is 21.6. The van der Waals surface area contributed by atoms with Crippen molar-refractivity contribution in [1.82, 2.24) is 5.32 Å². The van der Waals surface area contributed by atoms with Gasteiger partial charge in [-0.2, -0.15) is 11.8 Å². The third-order valence-electron chi connectivity index (χ3n) is 1.96. The lowest BCUT2D eigenvalue weighted by molar-refractivity contribution is 0.584. The fourth-order valence-corrected chi connectivity index (χ4v) is 2.24. The van der Waals surface area contributed by atoms with Gasteiger partial charge in [-0.15, -0.1) is 0 Å². The fourth-order valence-electron chi connectivity index (χ4n) is 1.17. The van der Waals surface area contributed by atoms with Crippen LogP contribution < -0.4 is 5.32 Å². The molecule has 1 aliphatic heterocycles. The molecule has 0 aliphatic carbocycles. The van der Waals surface area contributed by atoms with Crippen molar-refractivity contribution in [3.8, 4) is 0 Å². The SMILES string of the molecule is CC.CC.CC1CCCS1.CCCNC(C)C. The molecule has 0 amide bonds. The summed E-state index contributed by atoms with van der Waals surface area (Å²) < 4.78 is 0. The average Bonchev–Trinajstić information content (AvgIpc) is 2.83. The Balaban J connectivity index is -0.000000179. The normalized spacial score (nSPS) is 17.1. The van der Waals surface area contributed by atoms with Crippen LogP contribution in [-0.2, 0) is 0 Å². The van der Waals surface area contributed by atoms with Crippen LogP contribution in [0.15, 0.2) is 0 Å². The van der Waals surface area contributed by atoms with Gasteiger partial charge in [0, 0.05) is 11.3 Å². The maximum atomic E-state index is 3.30. The van der Waals surface area contributed by atoms with E-state index in [2.05, 4.69) is 44.8 Å². The maximum absolute atomic E-state index is 3.30. The monoisotopic (exact) mass is 263 g/mol. The summed E-state index contributed by atoms with van der Waals surface area (Å²) in [5.74, 6) is 1.40. The van der Waals surface area contributed by atoms with Gasteiger partial charge in [-0.3, -0.25) is 0 Å². The highest BCUT2D eigenvalue weighted by Crippen LogP contribution is 2.24. The topological polar surface area (TPSA) is 12.0 Å². The lowest BCUT2D eigenvalue weighted by atomic mass is 10.3. The Hall–Kier alpha value is 0.310. The van der Waals surface area contributed by atoms with Crippen LogP contribution in [-0.4, -0.2) is 23.6 Å². The summed E-state index contributed by atoms with van der Waals surface area (Å²) in [4.78, 5) is 0. The number of hydrogen-bond donors (Lipinski definition) is 1. The van der Waals surface area contributed by atoms with Crippen LogP contribution in [0.4, 0.5) is 0 Å². The van der Waals surface area contributed by atoms with E-state index in [0.717, 1.165) is 11.8 Å². The van der Waals surface area contributed by atoms with Crippen LogP contribution in [0.5, 0.6) is 0 Å².